The van der Waals surface area contributed by atoms with Gasteiger partial charge in [-0.15, -0.1) is 0 Å². The second kappa shape index (κ2) is 8.58. The van der Waals surface area contributed by atoms with Crippen LogP contribution in [0.3, 0.4) is 0 Å². The molecular weight excluding hydrogens is 371 g/mol. The molecule has 128 valence electrons. The van der Waals surface area contributed by atoms with Crippen LogP contribution in [-0.4, -0.2) is 26.6 Å². The van der Waals surface area contributed by atoms with E-state index in [1.807, 2.05) is 31.3 Å². The number of hydrogen-bond acceptors (Lipinski definition) is 2. The zero-order chi connectivity index (χ0) is 17.7. The lowest BCUT2D eigenvalue weighted by Gasteiger charge is -2.15. The number of hydrogen-bond donors (Lipinski definition) is 2. The summed E-state index contributed by atoms with van der Waals surface area (Å²) in [7, 11) is 3.57. The molecule has 2 aromatic rings. The smallest absolute Gasteiger partial charge is 0.279 e. The minimum absolute atomic E-state index is 0.174. The molecule has 0 aliphatic rings. The Labute approximate surface area is 156 Å². The fraction of sp³-hybridized carbons (Fsp3) is 0.235. The van der Waals surface area contributed by atoms with Crippen LogP contribution in [0.4, 0.5) is 5.69 Å². The van der Waals surface area contributed by atoms with Crippen LogP contribution in [0.5, 0.6) is 5.75 Å². The third-order valence-corrected chi connectivity index (χ3v) is 4.21. The van der Waals surface area contributed by atoms with Crippen molar-refractivity contribution in [2.24, 2.45) is 0 Å². The molecule has 0 aliphatic heterocycles. The Morgan fingerprint density at radius 3 is 2.25 bits per heavy atom. The lowest BCUT2D eigenvalue weighted by atomic mass is 10.2. The quantitative estimate of drug-likeness (QED) is 0.797. The normalized spacial score (nSPS) is 11.9. The number of carbonyl (C=O) groups is 1. The second-order valence-electron chi connectivity index (χ2n) is 5.45. The molecule has 0 aromatic heterocycles. The first kappa shape index (κ1) is 18.9. The van der Waals surface area contributed by atoms with Crippen molar-refractivity contribution in [3.63, 3.8) is 0 Å². The van der Waals surface area contributed by atoms with E-state index in [1.165, 1.54) is 0 Å². The highest BCUT2D eigenvalue weighted by molar-refractivity contribution is 6.42. The van der Waals surface area contributed by atoms with E-state index in [0.29, 0.717) is 27.3 Å². The first-order valence-corrected chi connectivity index (χ1v) is 8.41. The van der Waals surface area contributed by atoms with Gasteiger partial charge in [0.05, 0.1) is 29.9 Å². The maximum absolute atomic E-state index is 12.2. The lowest BCUT2D eigenvalue weighted by Crippen LogP contribution is -3.08. The minimum atomic E-state index is -0.174. The Balaban J connectivity index is 1.94. The Bertz CT molecular complexity index is 697. The van der Waals surface area contributed by atoms with Crippen LogP contribution in [0.2, 0.25) is 15.1 Å². The largest absolute Gasteiger partial charge is 0.497 e. The Hall–Kier alpha value is -1.46. The van der Waals surface area contributed by atoms with Gasteiger partial charge in [-0.05, 0) is 36.4 Å². The van der Waals surface area contributed by atoms with E-state index >= 15 is 0 Å². The molecule has 1 atom stereocenters. The summed E-state index contributed by atoms with van der Waals surface area (Å²) in [5.74, 6) is 0.633. The molecule has 24 heavy (non-hydrogen) atoms. The topological polar surface area (TPSA) is 42.8 Å². The van der Waals surface area contributed by atoms with Gasteiger partial charge in [0.15, 0.2) is 6.54 Å². The number of ether oxygens (including phenoxy) is 1. The van der Waals surface area contributed by atoms with Crippen molar-refractivity contribution in [1.29, 1.82) is 0 Å². The van der Waals surface area contributed by atoms with Gasteiger partial charge in [0, 0.05) is 10.6 Å². The second-order valence-corrected chi connectivity index (χ2v) is 6.70. The van der Waals surface area contributed by atoms with Crippen LogP contribution in [0.1, 0.15) is 5.56 Å². The molecule has 0 saturated carbocycles. The highest BCUT2D eigenvalue weighted by atomic mass is 35.5. The van der Waals surface area contributed by atoms with Crippen LogP contribution in [0, 0.1) is 0 Å². The number of benzene rings is 2. The first-order valence-electron chi connectivity index (χ1n) is 7.27. The molecule has 1 unspecified atom stereocenters. The fourth-order valence-corrected chi connectivity index (χ4v) is 3.19. The van der Waals surface area contributed by atoms with Crippen molar-refractivity contribution >= 4 is 46.4 Å². The third kappa shape index (κ3) is 5.28. The number of anilines is 1. The molecule has 0 heterocycles. The molecule has 0 bridgehead atoms. The van der Waals surface area contributed by atoms with Gasteiger partial charge in [-0.2, -0.15) is 0 Å². The van der Waals surface area contributed by atoms with E-state index in [9.17, 15) is 4.79 Å². The minimum Gasteiger partial charge on any atom is -0.497 e. The number of likely N-dealkylation sites (N-methyl/N-ethyl adjacent to an activating group) is 1. The van der Waals surface area contributed by atoms with Crippen molar-refractivity contribution in [3.05, 3.63) is 57.0 Å². The van der Waals surface area contributed by atoms with Crippen LogP contribution in [0.25, 0.3) is 0 Å². The SMILES string of the molecule is COc1ccc(C[NH+](C)CC(=O)Nc2c(Cl)cc(Cl)cc2Cl)cc1. The van der Waals surface area contributed by atoms with Crippen LogP contribution < -0.4 is 15.0 Å². The molecule has 2 aromatic carbocycles. The molecule has 2 N–H and O–H groups in total. The van der Waals surface area contributed by atoms with Gasteiger partial charge in [0.2, 0.25) is 0 Å². The average molecular weight is 389 g/mol. The van der Waals surface area contributed by atoms with E-state index in [2.05, 4.69) is 5.32 Å². The van der Waals surface area contributed by atoms with E-state index in [1.54, 1.807) is 19.2 Å². The van der Waals surface area contributed by atoms with Crippen LogP contribution in [0.15, 0.2) is 36.4 Å². The standard InChI is InChI=1S/C17H17Cl3N2O2/c1-22(9-11-3-5-13(24-2)6-4-11)10-16(23)21-17-14(19)7-12(18)8-15(17)20/h3-8H,9-10H2,1-2H3,(H,21,23)/p+1. The molecule has 4 nitrogen and oxygen atoms in total. The summed E-state index contributed by atoms with van der Waals surface area (Å²) < 4.78 is 5.13. The zero-order valence-electron chi connectivity index (χ0n) is 13.3. The van der Waals surface area contributed by atoms with Crippen molar-refractivity contribution in [1.82, 2.24) is 0 Å². The number of carbonyl (C=O) groups excluding carboxylic acids is 1. The Morgan fingerprint density at radius 2 is 1.71 bits per heavy atom. The Morgan fingerprint density at radius 1 is 1.12 bits per heavy atom. The maximum Gasteiger partial charge on any atom is 0.279 e. The van der Waals surface area contributed by atoms with Gasteiger partial charge < -0.3 is 15.0 Å². The first-order chi connectivity index (χ1) is 11.4. The van der Waals surface area contributed by atoms with E-state index in [4.69, 9.17) is 39.5 Å². The zero-order valence-corrected chi connectivity index (χ0v) is 15.6. The number of quaternary nitrogens is 1. The highest BCUT2D eigenvalue weighted by Gasteiger charge is 2.15. The molecule has 7 heteroatoms. The number of halogens is 3. The van der Waals surface area contributed by atoms with Crippen LogP contribution in [-0.2, 0) is 11.3 Å². The summed E-state index contributed by atoms with van der Waals surface area (Å²) in [5.41, 5.74) is 1.49. The summed E-state index contributed by atoms with van der Waals surface area (Å²) in [6, 6.07) is 10.8. The molecule has 0 fully saturated rings. The number of amides is 1. The number of methoxy groups -OCH3 is 1. The lowest BCUT2D eigenvalue weighted by molar-refractivity contribution is -0.885. The molecule has 0 spiro atoms. The van der Waals surface area contributed by atoms with Crippen molar-refractivity contribution in [2.75, 3.05) is 26.0 Å². The molecule has 1 amide bonds. The van der Waals surface area contributed by atoms with E-state index in [0.717, 1.165) is 16.2 Å². The summed E-state index contributed by atoms with van der Waals surface area (Å²) >= 11 is 18.0. The molecule has 0 saturated heterocycles. The van der Waals surface area contributed by atoms with Gasteiger partial charge in [-0.25, -0.2) is 0 Å². The monoisotopic (exact) mass is 387 g/mol. The predicted molar refractivity (Wildman–Crippen MR) is 98.6 cm³/mol. The maximum atomic E-state index is 12.2. The van der Waals surface area contributed by atoms with Crippen molar-refractivity contribution in [2.45, 2.75) is 6.54 Å². The average Bonchev–Trinajstić information content (AvgIpc) is 2.51. The third-order valence-electron chi connectivity index (χ3n) is 3.40. The van der Waals surface area contributed by atoms with Gasteiger partial charge in [-0.3, -0.25) is 4.79 Å². The van der Waals surface area contributed by atoms with E-state index in [-0.39, 0.29) is 12.5 Å². The number of nitrogens with one attached hydrogen (secondary N) is 2. The molecule has 0 radical (unpaired) electrons. The summed E-state index contributed by atoms with van der Waals surface area (Å²) in [5, 5.41) is 3.79. The highest BCUT2D eigenvalue weighted by Crippen LogP contribution is 2.33. The summed E-state index contributed by atoms with van der Waals surface area (Å²) in [6.45, 7) is 0.987. The summed E-state index contributed by atoms with van der Waals surface area (Å²) in [4.78, 5) is 13.2. The molecular formula is C17H18Cl3N2O2+. The van der Waals surface area contributed by atoms with Gasteiger partial charge in [0.1, 0.15) is 12.3 Å². The number of rotatable bonds is 6. The predicted octanol–water partition coefficient (Wildman–Crippen LogP) is 3.31. The van der Waals surface area contributed by atoms with E-state index < -0.39 is 0 Å². The molecule has 0 aliphatic carbocycles. The van der Waals surface area contributed by atoms with Gasteiger partial charge >= 0.3 is 0 Å². The van der Waals surface area contributed by atoms with Gasteiger partial charge in [0.25, 0.3) is 5.91 Å². The van der Waals surface area contributed by atoms with Gasteiger partial charge in [-0.1, -0.05) is 34.8 Å². The molecule has 2 rings (SSSR count). The van der Waals surface area contributed by atoms with Crippen molar-refractivity contribution < 1.29 is 14.4 Å². The Kier molecular flexibility index (Phi) is 6.75. The van der Waals surface area contributed by atoms with Crippen molar-refractivity contribution in [3.8, 4) is 5.75 Å². The fourth-order valence-electron chi connectivity index (χ4n) is 2.27. The van der Waals surface area contributed by atoms with Crippen LogP contribution >= 0.6 is 34.8 Å². The summed E-state index contributed by atoms with van der Waals surface area (Å²) in [6.07, 6.45) is 0.